The molecule has 0 bridgehead atoms. The van der Waals surface area contributed by atoms with Crippen LogP contribution in [0.25, 0.3) is 0 Å². The zero-order valence-corrected chi connectivity index (χ0v) is 18.3. The molecule has 1 aromatic heterocycles. The maximum atomic E-state index is 11.6. The average molecular weight is 428 g/mol. The summed E-state index contributed by atoms with van der Waals surface area (Å²) in [6, 6.07) is 5.54. The molecule has 2 unspecified atom stereocenters. The predicted octanol–water partition coefficient (Wildman–Crippen LogP) is 5.77. The lowest BCUT2D eigenvalue weighted by Crippen LogP contribution is -2.28. The number of carboxylic acids is 1. The Hall–Kier alpha value is -2.18. The molecule has 2 fully saturated rings. The predicted molar refractivity (Wildman–Crippen MR) is 116 cm³/mol. The number of nitrogens with zero attached hydrogens (tertiary/aromatic N) is 1. The summed E-state index contributed by atoms with van der Waals surface area (Å²) in [5.41, 5.74) is 2.72. The molecule has 2 aliphatic carbocycles. The normalized spacial score (nSPS) is 22.5. The molecule has 0 spiro atoms. The van der Waals surface area contributed by atoms with Crippen LogP contribution in [0.4, 0.5) is 0 Å². The van der Waals surface area contributed by atoms with Gasteiger partial charge in [0.05, 0.1) is 31.0 Å². The van der Waals surface area contributed by atoms with Gasteiger partial charge in [-0.05, 0) is 56.6 Å². The van der Waals surface area contributed by atoms with Crippen LogP contribution >= 0.6 is 0 Å². The van der Waals surface area contributed by atoms with Crippen LogP contribution in [-0.4, -0.2) is 28.3 Å². The summed E-state index contributed by atoms with van der Waals surface area (Å²) in [7, 11) is 0. The van der Waals surface area contributed by atoms with Gasteiger partial charge in [0.25, 0.3) is 0 Å². The van der Waals surface area contributed by atoms with Crippen molar-refractivity contribution in [2.24, 2.45) is 0 Å². The average Bonchev–Trinajstić information content (AvgIpc) is 3.26. The number of benzene rings is 1. The molecule has 1 N–H and O–H groups in total. The Morgan fingerprint density at radius 3 is 2.55 bits per heavy atom. The van der Waals surface area contributed by atoms with Crippen LogP contribution in [0.15, 0.2) is 28.9 Å². The van der Waals surface area contributed by atoms with Crippen LogP contribution in [0, 0.1) is 6.92 Å². The van der Waals surface area contributed by atoms with Crippen molar-refractivity contribution >= 4 is 5.97 Å². The second-order valence-electron chi connectivity index (χ2n) is 8.96. The standard InChI is InChI=1S/C25H33NO5/c1-17-7-5-10-19(23(17)25(27)28)14-29-21-11-6-12-22(13-21)30-15-20-16-31-24(26-20)18-8-3-2-4-9-18/h5,7,10,16,18,21-22H,2-4,6,8-9,11-15H2,1H3,(H,27,28). The van der Waals surface area contributed by atoms with Crippen LogP contribution in [0.1, 0.15) is 96.8 Å². The summed E-state index contributed by atoms with van der Waals surface area (Å²) < 4.78 is 18.0. The van der Waals surface area contributed by atoms with Crippen LogP contribution in [0.3, 0.4) is 0 Å². The van der Waals surface area contributed by atoms with Crippen molar-refractivity contribution in [2.75, 3.05) is 0 Å². The van der Waals surface area contributed by atoms with Crippen LogP contribution < -0.4 is 0 Å². The number of hydrogen-bond acceptors (Lipinski definition) is 5. The first kappa shape index (κ1) is 22.0. The minimum Gasteiger partial charge on any atom is -0.478 e. The Morgan fingerprint density at radius 1 is 1.06 bits per heavy atom. The maximum absolute atomic E-state index is 11.6. The summed E-state index contributed by atoms with van der Waals surface area (Å²) in [5.74, 6) is 0.435. The van der Waals surface area contributed by atoms with Gasteiger partial charge < -0.3 is 19.0 Å². The molecule has 2 aliphatic rings. The number of carboxylic acid groups (broad SMARTS) is 1. The fourth-order valence-electron chi connectivity index (χ4n) is 4.90. The zero-order valence-electron chi connectivity index (χ0n) is 18.3. The van der Waals surface area contributed by atoms with E-state index >= 15 is 0 Å². The number of oxazole rings is 1. The van der Waals surface area contributed by atoms with Crippen molar-refractivity contribution < 1.29 is 23.8 Å². The zero-order chi connectivity index (χ0) is 21.6. The molecule has 168 valence electrons. The van der Waals surface area contributed by atoms with E-state index in [0.29, 0.717) is 24.7 Å². The smallest absolute Gasteiger partial charge is 0.336 e. The van der Waals surface area contributed by atoms with E-state index in [2.05, 4.69) is 4.98 Å². The first-order valence-corrected chi connectivity index (χ1v) is 11.6. The van der Waals surface area contributed by atoms with Crippen molar-refractivity contribution in [1.82, 2.24) is 4.98 Å². The van der Waals surface area contributed by atoms with E-state index in [1.807, 2.05) is 25.1 Å². The Labute approximate surface area is 184 Å². The summed E-state index contributed by atoms with van der Waals surface area (Å²) >= 11 is 0. The van der Waals surface area contributed by atoms with E-state index in [1.54, 1.807) is 6.26 Å². The lowest BCUT2D eigenvalue weighted by molar-refractivity contribution is -0.0563. The molecule has 1 aromatic carbocycles. The third-order valence-corrected chi connectivity index (χ3v) is 6.62. The third-order valence-electron chi connectivity index (χ3n) is 6.62. The molecule has 4 rings (SSSR count). The molecule has 2 aromatic rings. The highest BCUT2D eigenvalue weighted by atomic mass is 16.5. The molecule has 6 nitrogen and oxygen atoms in total. The summed E-state index contributed by atoms with van der Waals surface area (Å²) in [6.07, 6.45) is 12.0. The van der Waals surface area contributed by atoms with Gasteiger partial charge in [0.1, 0.15) is 12.0 Å². The van der Waals surface area contributed by atoms with Gasteiger partial charge in [0.2, 0.25) is 0 Å². The second-order valence-corrected chi connectivity index (χ2v) is 8.96. The van der Waals surface area contributed by atoms with Crippen molar-refractivity contribution in [1.29, 1.82) is 0 Å². The Kier molecular flexibility index (Phi) is 7.41. The minimum absolute atomic E-state index is 0.0796. The Balaban J connectivity index is 1.26. The van der Waals surface area contributed by atoms with Gasteiger partial charge in [-0.2, -0.15) is 0 Å². The highest BCUT2D eigenvalue weighted by molar-refractivity contribution is 5.91. The summed E-state index contributed by atoms with van der Waals surface area (Å²) in [5, 5.41) is 9.50. The number of ether oxygens (including phenoxy) is 2. The first-order valence-electron chi connectivity index (χ1n) is 11.6. The summed E-state index contributed by atoms with van der Waals surface area (Å²) in [6.45, 7) is 2.60. The van der Waals surface area contributed by atoms with E-state index in [9.17, 15) is 9.90 Å². The van der Waals surface area contributed by atoms with Gasteiger partial charge in [0, 0.05) is 5.92 Å². The monoisotopic (exact) mass is 427 g/mol. The number of aromatic carboxylic acids is 1. The molecule has 0 radical (unpaired) electrons. The quantitative estimate of drug-likeness (QED) is 0.576. The largest absolute Gasteiger partial charge is 0.478 e. The van der Waals surface area contributed by atoms with E-state index in [4.69, 9.17) is 13.9 Å². The summed E-state index contributed by atoms with van der Waals surface area (Å²) in [4.78, 5) is 16.2. The second kappa shape index (κ2) is 10.4. The van der Waals surface area contributed by atoms with Gasteiger partial charge in [-0.25, -0.2) is 9.78 Å². The third kappa shape index (κ3) is 5.74. The molecular formula is C25H33NO5. The van der Waals surface area contributed by atoms with E-state index in [-0.39, 0.29) is 12.2 Å². The first-order chi connectivity index (χ1) is 15.1. The minimum atomic E-state index is -0.901. The molecule has 1 heterocycles. The van der Waals surface area contributed by atoms with Crippen LogP contribution in [0.5, 0.6) is 0 Å². The van der Waals surface area contributed by atoms with E-state index < -0.39 is 5.97 Å². The number of carbonyl (C=O) groups is 1. The van der Waals surface area contributed by atoms with Crippen LogP contribution in [0.2, 0.25) is 0 Å². The van der Waals surface area contributed by atoms with Crippen LogP contribution in [-0.2, 0) is 22.7 Å². The molecule has 6 heteroatoms. The van der Waals surface area contributed by atoms with Crippen molar-refractivity contribution in [3.8, 4) is 0 Å². The molecule has 0 amide bonds. The topological polar surface area (TPSA) is 81.8 Å². The fraction of sp³-hybridized carbons (Fsp3) is 0.600. The highest BCUT2D eigenvalue weighted by Gasteiger charge is 2.25. The highest BCUT2D eigenvalue weighted by Crippen LogP contribution is 2.32. The van der Waals surface area contributed by atoms with Crippen molar-refractivity contribution in [3.63, 3.8) is 0 Å². The van der Waals surface area contributed by atoms with Crippen molar-refractivity contribution in [3.05, 3.63) is 52.7 Å². The fourth-order valence-corrected chi connectivity index (χ4v) is 4.90. The molecule has 2 saturated carbocycles. The number of hydrogen-bond donors (Lipinski definition) is 1. The van der Waals surface area contributed by atoms with Gasteiger partial charge in [-0.1, -0.05) is 37.5 Å². The number of aryl methyl sites for hydroxylation is 1. The lowest BCUT2D eigenvalue weighted by Gasteiger charge is -2.29. The van der Waals surface area contributed by atoms with Gasteiger partial charge in [-0.3, -0.25) is 0 Å². The van der Waals surface area contributed by atoms with Gasteiger partial charge in [-0.15, -0.1) is 0 Å². The molecule has 0 saturated heterocycles. The van der Waals surface area contributed by atoms with Gasteiger partial charge >= 0.3 is 5.97 Å². The molecule has 0 aliphatic heterocycles. The van der Waals surface area contributed by atoms with Crippen molar-refractivity contribution in [2.45, 2.75) is 96.1 Å². The van der Waals surface area contributed by atoms with Gasteiger partial charge in [0.15, 0.2) is 5.89 Å². The maximum Gasteiger partial charge on any atom is 0.336 e. The van der Waals surface area contributed by atoms with E-state index in [0.717, 1.165) is 48.4 Å². The molecule has 31 heavy (non-hydrogen) atoms. The Morgan fingerprint density at radius 2 is 1.81 bits per heavy atom. The SMILES string of the molecule is Cc1cccc(COC2CCCC(OCc3coc(C4CCCCC4)n3)C2)c1C(=O)O. The molecular weight excluding hydrogens is 394 g/mol. The Bertz CT molecular complexity index is 871. The number of rotatable bonds is 8. The number of aromatic nitrogens is 1. The molecule has 2 atom stereocenters. The van der Waals surface area contributed by atoms with E-state index in [1.165, 1.54) is 32.1 Å². The lowest BCUT2D eigenvalue weighted by atomic mass is 9.89.